The second-order valence-corrected chi connectivity index (χ2v) is 5.50. The number of nitrogens with zero attached hydrogens (tertiary/aromatic N) is 2. The lowest BCUT2D eigenvalue weighted by molar-refractivity contribution is -0.0991. The molecule has 1 saturated heterocycles. The number of ether oxygens (including phenoxy) is 1. The lowest BCUT2D eigenvalue weighted by Crippen LogP contribution is -2.58. The zero-order chi connectivity index (χ0) is 11.6. The number of hydrogen-bond acceptors (Lipinski definition) is 3. The zero-order valence-electron chi connectivity index (χ0n) is 11.1. The highest BCUT2D eigenvalue weighted by Crippen LogP contribution is 2.23. The van der Waals surface area contributed by atoms with Gasteiger partial charge in [-0.25, -0.2) is 0 Å². The highest BCUT2D eigenvalue weighted by Gasteiger charge is 2.36. The van der Waals surface area contributed by atoms with Crippen LogP contribution in [0.25, 0.3) is 0 Å². The molecule has 0 aliphatic carbocycles. The van der Waals surface area contributed by atoms with Gasteiger partial charge in [-0.3, -0.25) is 4.90 Å². The van der Waals surface area contributed by atoms with Gasteiger partial charge in [-0.15, -0.1) is 0 Å². The summed E-state index contributed by atoms with van der Waals surface area (Å²) in [5.74, 6) is 0. The van der Waals surface area contributed by atoms with Crippen molar-refractivity contribution < 1.29 is 4.74 Å². The Kier molecular flexibility index (Phi) is 4.15. The molecule has 0 radical (unpaired) electrons. The molecule has 1 rings (SSSR count). The highest BCUT2D eigenvalue weighted by atomic mass is 16.5. The van der Waals surface area contributed by atoms with Crippen LogP contribution in [0.1, 0.15) is 27.7 Å². The Labute approximate surface area is 94.4 Å². The molecule has 15 heavy (non-hydrogen) atoms. The molecule has 1 aliphatic heterocycles. The van der Waals surface area contributed by atoms with E-state index in [1.165, 1.54) is 0 Å². The maximum atomic E-state index is 5.90. The van der Waals surface area contributed by atoms with Crippen molar-refractivity contribution in [3.8, 4) is 0 Å². The van der Waals surface area contributed by atoms with Crippen molar-refractivity contribution in [2.45, 2.75) is 45.4 Å². The minimum absolute atomic E-state index is 0.105. The predicted octanol–water partition coefficient (Wildman–Crippen LogP) is 1.44. The van der Waals surface area contributed by atoms with E-state index in [9.17, 15) is 0 Å². The van der Waals surface area contributed by atoms with Gasteiger partial charge in [0.05, 0.1) is 12.7 Å². The third-order valence-electron chi connectivity index (χ3n) is 3.77. The molecule has 1 heterocycles. The van der Waals surface area contributed by atoms with Gasteiger partial charge >= 0.3 is 0 Å². The lowest BCUT2D eigenvalue weighted by Gasteiger charge is -2.45. The van der Waals surface area contributed by atoms with Gasteiger partial charge in [0.1, 0.15) is 0 Å². The van der Waals surface area contributed by atoms with Crippen LogP contribution >= 0.6 is 0 Å². The Hall–Kier alpha value is -0.120. The van der Waals surface area contributed by atoms with Crippen LogP contribution < -0.4 is 0 Å². The Bertz CT molecular complexity index is 202. The average Bonchev–Trinajstić information content (AvgIpc) is 2.17. The van der Waals surface area contributed by atoms with Gasteiger partial charge in [0.25, 0.3) is 0 Å². The van der Waals surface area contributed by atoms with Crippen molar-refractivity contribution in [2.75, 3.05) is 33.8 Å². The fourth-order valence-corrected chi connectivity index (χ4v) is 1.85. The van der Waals surface area contributed by atoms with Crippen LogP contribution in [0.4, 0.5) is 0 Å². The molecular weight excluding hydrogens is 188 g/mol. The summed E-state index contributed by atoms with van der Waals surface area (Å²) in [5, 5.41) is 0. The van der Waals surface area contributed by atoms with Crippen molar-refractivity contribution in [3.05, 3.63) is 0 Å². The number of likely N-dealkylation sites (N-methyl/N-ethyl adjacent to an activating group) is 1. The number of morpholine rings is 1. The van der Waals surface area contributed by atoms with Crippen LogP contribution in [-0.2, 0) is 4.74 Å². The fraction of sp³-hybridized carbons (Fsp3) is 1.00. The molecule has 0 spiro atoms. The van der Waals surface area contributed by atoms with Crippen LogP contribution in [0.3, 0.4) is 0 Å². The highest BCUT2D eigenvalue weighted by molar-refractivity contribution is 4.91. The van der Waals surface area contributed by atoms with Crippen molar-refractivity contribution in [1.82, 2.24) is 9.80 Å². The van der Waals surface area contributed by atoms with E-state index in [0.717, 1.165) is 19.7 Å². The maximum absolute atomic E-state index is 5.90. The summed E-state index contributed by atoms with van der Waals surface area (Å²) in [6, 6.07) is 0.620. The Morgan fingerprint density at radius 2 is 1.93 bits per heavy atom. The largest absolute Gasteiger partial charge is 0.374 e. The molecule has 1 atom stereocenters. The van der Waals surface area contributed by atoms with E-state index in [1.54, 1.807) is 0 Å². The topological polar surface area (TPSA) is 15.7 Å². The molecule has 1 fully saturated rings. The molecule has 0 aromatic rings. The summed E-state index contributed by atoms with van der Waals surface area (Å²) in [6.45, 7) is 12.0. The lowest BCUT2D eigenvalue weighted by atomic mass is 9.94. The van der Waals surface area contributed by atoms with E-state index < -0.39 is 0 Å². The fourth-order valence-electron chi connectivity index (χ4n) is 1.85. The Balaban J connectivity index is 2.63. The van der Waals surface area contributed by atoms with Crippen molar-refractivity contribution >= 4 is 0 Å². The summed E-state index contributed by atoms with van der Waals surface area (Å²) >= 11 is 0. The van der Waals surface area contributed by atoms with E-state index in [-0.39, 0.29) is 5.54 Å². The van der Waals surface area contributed by atoms with Crippen LogP contribution in [0.2, 0.25) is 0 Å². The molecule has 90 valence electrons. The third-order valence-corrected chi connectivity index (χ3v) is 3.77. The van der Waals surface area contributed by atoms with Gasteiger partial charge in [0.2, 0.25) is 0 Å². The van der Waals surface area contributed by atoms with Crippen molar-refractivity contribution in [2.24, 2.45) is 0 Å². The quantitative estimate of drug-likeness (QED) is 0.707. The molecule has 0 bridgehead atoms. The normalized spacial score (nSPS) is 25.2. The van der Waals surface area contributed by atoms with Gasteiger partial charge in [-0.1, -0.05) is 0 Å². The molecule has 1 aliphatic rings. The molecule has 0 saturated carbocycles. The van der Waals surface area contributed by atoms with Crippen LogP contribution in [0.15, 0.2) is 0 Å². The SMILES string of the molecule is CC(C)N1CCO[C@H](C(C)(C)N(C)C)C1. The Morgan fingerprint density at radius 3 is 2.40 bits per heavy atom. The van der Waals surface area contributed by atoms with Crippen molar-refractivity contribution in [3.63, 3.8) is 0 Å². The standard InChI is InChI=1S/C12H26N2O/c1-10(2)14-7-8-15-11(9-14)12(3,4)13(5)6/h10-11H,7-9H2,1-6H3/t11-/m0/s1. The zero-order valence-corrected chi connectivity index (χ0v) is 11.1. The molecule has 3 heteroatoms. The molecule has 0 N–H and O–H groups in total. The van der Waals surface area contributed by atoms with Crippen LogP contribution in [0.5, 0.6) is 0 Å². The summed E-state index contributed by atoms with van der Waals surface area (Å²) in [4.78, 5) is 4.75. The second kappa shape index (κ2) is 4.81. The van der Waals surface area contributed by atoms with Gasteiger partial charge in [-0.2, -0.15) is 0 Å². The van der Waals surface area contributed by atoms with E-state index in [4.69, 9.17) is 4.74 Å². The first kappa shape index (κ1) is 12.9. The minimum Gasteiger partial charge on any atom is -0.374 e. The first-order chi connectivity index (χ1) is 6.85. The van der Waals surface area contributed by atoms with Crippen molar-refractivity contribution in [1.29, 1.82) is 0 Å². The molecule has 3 nitrogen and oxygen atoms in total. The third kappa shape index (κ3) is 2.92. The van der Waals surface area contributed by atoms with Crippen LogP contribution in [0, 0.1) is 0 Å². The summed E-state index contributed by atoms with van der Waals surface area (Å²) in [5.41, 5.74) is 0.105. The van der Waals surface area contributed by atoms with Gasteiger partial charge < -0.3 is 9.64 Å². The van der Waals surface area contributed by atoms with E-state index in [2.05, 4.69) is 51.6 Å². The number of rotatable bonds is 3. The van der Waals surface area contributed by atoms with Gasteiger partial charge in [0.15, 0.2) is 0 Å². The average molecular weight is 214 g/mol. The summed E-state index contributed by atoms with van der Waals surface area (Å²) in [7, 11) is 4.25. The first-order valence-corrected chi connectivity index (χ1v) is 5.88. The maximum Gasteiger partial charge on any atom is 0.0880 e. The minimum atomic E-state index is 0.105. The predicted molar refractivity (Wildman–Crippen MR) is 64.2 cm³/mol. The molecule has 0 aromatic heterocycles. The molecule has 0 amide bonds. The first-order valence-electron chi connectivity index (χ1n) is 5.88. The molecule has 0 aromatic carbocycles. The van der Waals surface area contributed by atoms with Crippen LogP contribution in [-0.4, -0.2) is 61.3 Å². The van der Waals surface area contributed by atoms with E-state index in [0.29, 0.717) is 12.1 Å². The second-order valence-electron chi connectivity index (χ2n) is 5.50. The monoisotopic (exact) mass is 214 g/mol. The summed E-state index contributed by atoms with van der Waals surface area (Å²) < 4.78 is 5.90. The van der Waals surface area contributed by atoms with E-state index in [1.807, 2.05) is 0 Å². The Morgan fingerprint density at radius 1 is 1.33 bits per heavy atom. The van der Waals surface area contributed by atoms with E-state index >= 15 is 0 Å². The smallest absolute Gasteiger partial charge is 0.0880 e. The molecule has 0 unspecified atom stereocenters. The summed E-state index contributed by atoms with van der Waals surface area (Å²) in [6.07, 6.45) is 0.309. The molecular formula is C12H26N2O. The number of hydrogen-bond donors (Lipinski definition) is 0. The van der Waals surface area contributed by atoms with Gasteiger partial charge in [-0.05, 0) is 41.8 Å². The van der Waals surface area contributed by atoms with Gasteiger partial charge in [0, 0.05) is 24.7 Å².